The van der Waals surface area contributed by atoms with Crippen molar-refractivity contribution < 1.29 is 4.57 Å². The molecule has 2 aromatic rings. The highest BCUT2D eigenvalue weighted by Crippen LogP contribution is 2.17. The Morgan fingerprint density at radius 1 is 1.25 bits per heavy atom. The molecule has 0 saturated carbocycles. The summed E-state index contributed by atoms with van der Waals surface area (Å²) in [5.41, 5.74) is 1.23. The third kappa shape index (κ3) is 2.53. The molecule has 1 heterocycles. The van der Waals surface area contributed by atoms with Crippen LogP contribution in [0.15, 0.2) is 41.1 Å². The van der Waals surface area contributed by atoms with Crippen molar-refractivity contribution in [2.24, 2.45) is 0 Å². The van der Waals surface area contributed by atoms with E-state index in [4.69, 9.17) is 0 Å². The lowest BCUT2D eigenvalue weighted by molar-refractivity contribution is -0.685. The van der Waals surface area contributed by atoms with Crippen LogP contribution >= 0.6 is 15.9 Å². The van der Waals surface area contributed by atoms with Gasteiger partial charge in [-0.15, -0.1) is 0 Å². The van der Waals surface area contributed by atoms with Gasteiger partial charge in [0.1, 0.15) is 12.4 Å². The Morgan fingerprint density at radius 2 is 2.00 bits per heavy atom. The van der Waals surface area contributed by atoms with E-state index in [1.54, 1.807) is 0 Å². The highest BCUT2D eigenvalue weighted by molar-refractivity contribution is 9.10. The minimum atomic E-state index is 1.07. The molecular formula is C13H16BrN2+. The first-order valence-electron chi connectivity index (χ1n) is 5.64. The Bertz CT molecular complexity index is 445. The number of nitrogens with one attached hydrogen (secondary N) is 1. The molecule has 0 bridgehead atoms. The van der Waals surface area contributed by atoms with Gasteiger partial charge in [-0.05, 0) is 30.7 Å². The second-order valence-corrected chi connectivity index (χ2v) is 4.78. The lowest BCUT2D eigenvalue weighted by Gasteiger charge is -2.00. The molecular weight excluding hydrogens is 264 g/mol. The number of nitrogens with zero attached hydrogens (tertiary/aromatic N) is 1. The normalized spacial score (nSPS) is 10.6. The van der Waals surface area contributed by atoms with Crippen LogP contribution in [0.5, 0.6) is 0 Å². The van der Waals surface area contributed by atoms with Gasteiger partial charge in [-0.1, -0.05) is 29.3 Å². The second-order valence-electron chi connectivity index (χ2n) is 3.86. The number of H-pyrrole nitrogens is 1. The summed E-state index contributed by atoms with van der Waals surface area (Å²) in [6, 6.07) is 8.39. The van der Waals surface area contributed by atoms with Crippen molar-refractivity contribution in [3.05, 3.63) is 41.1 Å². The minimum Gasteiger partial charge on any atom is -0.243 e. The Balaban J connectivity index is 2.26. The van der Waals surface area contributed by atoms with Crippen molar-refractivity contribution >= 4 is 15.9 Å². The number of aromatic nitrogens is 2. The summed E-state index contributed by atoms with van der Waals surface area (Å²) in [6.07, 6.45) is 6.53. The largest absolute Gasteiger partial charge is 0.286 e. The van der Waals surface area contributed by atoms with E-state index in [1.165, 1.54) is 24.2 Å². The lowest BCUT2D eigenvalue weighted by atomic mass is 10.2. The molecule has 1 aromatic carbocycles. The molecule has 0 atom stereocenters. The highest BCUT2D eigenvalue weighted by atomic mass is 79.9. The van der Waals surface area contributed by atoms with Gasteiger partial charge in [-0.3, -0.25) is 0 Å². The van der Waals surface area contributed by atoms with Gasteiger partial charge < -0.3 is 0 Å². The van der Waals surface area contributed by atoms with Gasteiger partial charge in [-0.25, -0.2) is 9.55 Å². The molecule has 16 heavy (non-hydrogen) atoms. The van der Waals surface area contributed by atoms with Crippen LogP contribution in [-0.2, 0) is 6.54 Å². The first kappa shape index (κ1) is 11.4. The number of benzene rings is 1. The first-order chi connectivity index (χ1) is 7.81. The van der Waals surface area contributed by atoms with Crippen molar-refractivity contribution in [2.75, 3.05) is 0 Å². The number of rotatable bonds is 4. The average molecular weight is 280 g/mol. The van der Waals surface area contributed by atoms with Gasteiger partial charge in [0.05, 0.1) is 12.1 Å². The molecule has 3 heteroatoms. The third-order valence-corrected chi connectivity index (χ3v) is 3.16. The van der Waals surface area contributed by atoms with Crippen LogP contribution in [-0.4, -0.2) is 4.98 Å². The number of aryl methyl sites for hydroxylation is 1. The highest BCUT2D eigenvalue weighted by Gasteiger charge is 2.11. The molecule has 2 nitrogen and oxygen atoms in total. The van der Waals surface area contributed by atoms with Crippen molar-refractivity contribution in [3.8, 4) is 11.4 Å². The zero-order valence-corrected chi connectivity index (χ0v) is 11.0. The number of imidazole rings is 1. The molecule has 2 rings (SSSR count). The van der Waals surface area contributed by atoms with E-state index >= 15 is 0 Å². The molecule has 0 aliphatic rings. The molecule has 0 radical (unpaired) electrons. The van der Waals surface area contributed by atoms with Crippen LogP contribution in [0.25, 0.3) is 11.4 Å². The first-order valence-corrected chi connectivity index (χ1v) is 6.43. The molecule has 0 unspecified atom stereocenters. The molecule has 0 aliphatic carbocycles. The van der Waals surface area contributed by atoms with E-state index < -0.39 is 0 Å². The van der Waals surface area contributed by atoms with Crippen LogP contribution in [0.3, 0.4) is 0 Å². The van der Waals surface area contributed by atoms with Gasteiger partial charge in [0.25, 0.3) is 5.82 Å². The van der Waals surface area contributed by atoms with E-state index in [2.05, 4.69) is 62.9 Å². The van der Waals surface area contributed by atoms with Crippen molar-refractivity contribution in [1.29, 1.82) is 0 Å². The SMILES string of the molecule is CCCC[n+]1cc[nH]c1-c1ccc(Br)cc1. The average Bonchev–Trinajstić information content (AvgIpc) is 2.75. The molecule has 0 saturated heterocycles. The summed E-state index contributed by atoms with van der Waals surface area (Å²) >= 11 is 3.45. The van der Waals surface area contributed by atoms with Crippen LogP contribution in [0.2, 0.25) is 0 Å². The smallest absolute Gasteiger partial charge is 0.243 e. The predicted molar refractivity (Wildman–Crippen MR) is 69.0 cm³/mol. The van der Waals surface area contributed by atoms with Gasteiger partial charge >= 0.3 is 0 Å². The fourth-order valence-corrected chi connectivity index (χ4v) is 2.00. The Labute approximate surface area is 104 Å². The van der Waals surface area contributed by atoms with Crippen molar-refractivity contribution in [1.82, 2.24) is 4.98 Å². The summed E-state index contributed by atoms with van der Waals surface area (Å²) in [6.45, 7) is 3.29. The Kier molecular flexibility index (Phi) is 3.78. The standard InChI is InChI=1S/C13H15BrN2/c1-2-3-9-16-10-8-15-13(16)11-4-6-12(14)7-5-11/h4-8,10H,2-3,9H2,1H3/p+1. The number of hydrogen-bond acceptors (Lipinski definition) is 0. The lowest BCUT2D eigenvalue weighted by Crippen LogP contribution is -2.33. The number of halogens is 1. The predicted octanol–water partition coefficient (Wildman–Crippen LogP) is 3.53. The van der Waals surface area contributed by atoms with Crippen LogP contribution < -0.4 is 4.57 Å². The maximum absolute atomic E-state index is 3.45. The zero-order valence-electron chi connectivity index (χ0n) is 9.41. The molecule has 0 spiro atoms. The van der Waals surface area contributed by atoms with Gasteiger partial charge in [-0.2, -0.15) is 0 Å². The topological polar surface area (TPSA) is 19.7 Å². The second kappa shape index (κ2) is 5.30. The van der Waals surface area contributed by atoms with Crippen molar-refractivity contribution in [2.45, 2.75) is 26.3 Å². The molecule has 0 fully saturated rings. The summed E-state index contributed by atoms with van der Waals surface area (Å²) < 4.78 is 3.38. The molecule has 84 valence electrons. The summed E-state index contributed by atoms with van der Waals surface area (Å²) in [5.74, 6) is 1.18. The number of hydrogen-bond donors (Lipinski definition) is 1. The molecule has 0 amide bonds. The number of aromatic amines is 1. The van der Waals surface area contributed by atoms with Crippen LogP contribution in [0, 0.1) is 0 Å². The quantitative estimate of drug-likeness (QED) is 0.827. The maximum Gasteiger partial charge on any atom is 0.286 e. The number of unbranched alkanes of at least 4 members (excludes halogenated alkanes) is 1. The van der Waals surface area contributed by atoms with Crippen LogP contribution in [0.4, 0.5) is 0 Å². The van der Waals surface area contributed by atoms with E-state index in [-0.39, 0.29) is 0 Å². The summed E-state index contributed by atoms with van der Waals surface area (Å²) in [7, 11) is 0. The van der Waals surface area contributed by atoms with Crippen LogP contribution in [0.1, 0.15) is 19.8 Å². The molecule has 1 aromatic heterocycles. The third-order valence-electron chi connectivity index (χ3n) is 2.63. The fraction of sp³-hybridized carbons (Fsp3) is 0.308. The monoisotopic (exact) mass is 279 g/mol. The molecule has 1 N–H and O–H groups in total. The van der Waals surface area contributed by atoms with Crippen molar-refractivity contribution in [3.63, 3.8) is 0 Å². The maximum atomic E-state index is 3.45. The van der Waals surface area contributed by atoms with E-state index in [1.807, 2.05) is 6.20 Å². The van der Waals surface area contributed by atoms with Gasteiger partial charge in [0.15, 0.2) is 0 Å². The van der Waals surface area contributed by atoms with E-state index in [0.717, 1.165) is 11.0 Å². The minimum absolute atomic E-state index is 1.07. The summed E-state index contributed by atoms with van der Waals surface area (Å²) in [4.78, 5) is 3.30. The van der Waals surface area contributed by atoms with Gasteiger partial charge in [0, 0.05) is 4.47 Å². The Hall–Kier alpha value is -1.09. The van der Waals surface area contributed by atoms with E-state index in [9.17, 15) is 0 Å². The zero-order chi connectivity index (χ0) is 11.4. The Morgan fingerprint density at radius 3 is 2.69 bits per heavy atom. The summed E-state index contributed by atoms with van der Waals surface area (Å²) in [5, 5.41) is 0. The fourth-order valence-electron chi connectivity index (χ4n) is 1.74. The van der Waals surface area contributed by atoms with E-state index in [0.29, 0.717) is 0 Å². The van der Waals surface area contributed by atoms with Gasteiger partial charge in [0.2, 0.25) is 0 Å². The molecule has 0 aliphatic heterocycles.